The van der Waals surface area contributed by atoms with Crippen LogP contribution in [0.5, 0.6) is 5.75 Å². The quantitative estimate of drug-likeness (QED) is 0.600. The molecule has 0 bridgehead atoms. The van der Waals surface area contributed by atoms with Crippen LogP contribution in [0.25, 0.3) is 0 Å². The van der Waals surface area contributed by atoms with E-state index in [0.717, 1.165) is 18.8 Å². The number of amides is 1. The number of nitrogens with one attached hydrogen (secondary N) is 1. The summed E-state index contributed by atoms with van der Waals surface area (Å²) in [4.78, 5) is 24.4. The number of non-ortho nitro benzene ring substituents is 1. The lowest BCUT2D eigenvalue weighted by Crippen LogP contribution is -2.36. The maximum Gasteiger partial charge on any atom is 0.271 e. The number of anilines is 2. The molecule has 1 amide bonds. The second-order valence-corrected chi connectivity index (χ2v) is 6.26. The van der Waals surface area contributed by atoms with Crippen molar-refractivity contribution in [2.24, 2.45) is 0 Å². The van der Waals surface area contributed by atoms with Gasteiger partial charge in [0.05, 0.1) is 23.2 Å². The Kier molecular flexibility index (Phi) is 6.10. The number of hydrogen-bond donors (Lipinski definition) is 1. The van der Waals surface area contributed by atoms with E-state index in [2.05, 4.69) is 10.2 Å². The Morgan fingerprint density at radius 2 is 1.93 bits per heavy atom. The molecule has 2 aromatic rings. The van der Waals surface area contributed by atoms with Crippen LogP contribution in [-0.2, 0) is 9.53 Å². The molecule has 0 aliphatic carbocycles. The van der Waals surface area contributed by atoms with E-state index in [1.165, 1.54) is 18.2 Å². The molecule has 0 unspecified atom stereocenters. The molecule has 1 saturated heterocycles. The van der Waals surface area contributed by atoms with Crippen molar-refractivity contribution >= 4 is 34.6 Å². The second kappa shape index (κ2) is 8.70. The van der Waals surface area contributed by atoms with E-state index in [0.29, 0.717) is 18.9 Å². The Balaban J connectivity index is 1.52. The number of morpholine rings is 1. The predicted octanol–water partition coefficient (Wildman–Crippen LogP) is 3.10. The van der Waals surface area contributed by atoms with Gasteiger partial charge < -0.3 is 19.7 Å². The monoisotopic (exact) mass is 391 g/mol. The lowest BCUT2D eigenvalue weighted by molar-refractivity contribution is -0.384. The van der Waals surface area contributed by atoms with Crippen molar-refractivity contribution < 1.29 is 19.2 Å². The minimum absolute atomic E-state index is 0.0758. The highest BCUT2D eigenvalue weighted by atomic mass is 35.5. The molecule has 27 heavy (non-hydrogen) atoms. The maximum atomic E-state index is 12.0. The molecule has 1 N–H and O–H groups in total. The van der Waals surface area contributed by atoms with Crippen LogP contribution in [0, 0.1) is 10.1 Å². The van der Waals surface area contributed by atoms with E-state index in [-0.39, 0.29) is 29.0 Å². The number of carbonyl (C=O) groups excluding carboxylic acids is 1. The number of nitro groups is 1. The van der Waals surface area contributed by atoms with Crippen molar-refractivity contribution in [3.63, 3.8) is 0 Å². The zero-order valence-electron chi connectivity index (χ0n) is 14.4. The molecular formula is C18H18ClN3O5. The third-order valence-electron chi connectivity index (χ3n) is 4.01. The van der Waals surface area contributed by atoms with Crippen LogP contribution in [-0.4, -0.2) is 43.7 Å². The van der Waals surface area contributed by atoms with Crippen molar-refractivity contribution in [1.82, 2.24) is 0 Å². The molecule has 2 aromatic carbocycles. The molecular weight excluding hydrogens is 374 g/mol. The van der Waals surface area contributed by atoms with Crippen LogP contribution in [0.1, 0.15) is 0 Å². The third-order valence-corrected chi connectivity index (χ3v) is 4.31. The molecule has 0 aromatic heterocycles. The van der Waals surface area contributed by atoms with Crippen LogP contribution in [0.4, 0.5) is 17.1 Å². The first kappa shape index (κ1) is 18.9. The normalized spacial score (nSPS) is 13.9. The van der Waals surface area contributed by atoms with Crippen molar-refractivity contribution in [3.8, 4) is 5.75 Å². The topological polar surface area (TPSA) is 93.9 Å². The van der Waals surface area contributed by atoms with Crippen LogP contribution in [0.2, 0.25) is 5.02 Å². The van der Waals surface area contributed by atoms with E-state index in [1.54, 1.807) is 0 Å². The van der Waals surface area contributed by atoms with E-state index >= 15 is 0 Å². The predicted molar refractivity (Wildman–Crippen MR) is 102 cm³/mol. The van der Waals surface area contributed by atoms with Crippen LogP contribution in [0.3, 0.4) is 0 Å². The average Bonchev–Trinajstić information content (AvgIpc) is 2.68. The Labute approximate surface area is 160 Å². The smallest absolute Gasteiger partial charge is 0.271 e. The summed E-state index contributed by atoms with van der Waals surface area (Å²) in [6, 6.07) is 11.3. The fraction of sp³-hybridized carbons (Fsp3) is 0.278. The number of nitrogens with zero attached hydrogens (tertiary/aromatic N) is 2. The summed E-state index contributed by atoms with van der Waals surface area (Å²) in [7, 11) is 0. The molecule has 142 valence electrons. The molecule has 1 aliphatic rings. The number of halogens is 1. The minimum atomic E-state index is -0.553. The number of hydrogen-bond acceptors (Lipinski definition) is 6. The SMILES string of the molecule is O=C(COc1ccc([N+](=O)[O-])cc1Cl)Nc1ccc(N2CCOCC2)cc1. The standard InChI is InChI=1S/C18H18ClN3O5/c19-16-11-15(22(24)25)5-6-17(16)27-12-18(23)20-13-1-3-14(4-2-13)21-7-9-26-10-8-21/h1-6,11H,7-10,12H2,(H,20,23). The van der Waals surface area contributed by atoms with Gasteiger partial charge in [0.25, 0.3) is 11.6 Å². The summed E-state index contributed by atoms with van der Waals surface area (Å²) in [5.41, 5.74) is 1.58. The number of benzene rings is 2. The third kappa shape index (κ3) is 5.08. The highest BCUT2D eigenvalue weighted by Crippen LogP contribution is 2.28. The Hall–Kier alpha value is -2.84. The van der Waals surface area contributed by atoms with Gasteiger partial charge in [-0.1, -0.05) is 11.6 Å². The van der Waals surface area contributed by atoms with Gasteiger partial charge in [-0.2, -0.15) is 0 Å². The lowest BCUT2D eigenvalue weighted by Gasteiger charge is -2.28. The Morgan fingerprint density at radius 1 is 1.22 bits per heavy atom. The van der Waals surface area contributed by atoms with Crippen LogP contribution < -0.4 is 15.0 Å². The lowest BCUT2D eigenvalue weighted by atomic mass is 10.2. The molecule has 1 aliphatic heterocycles. The number of carbonyl (C=O) groups is 1. The fourth-order valence-corrected chi connectivity index (χ4v) is 2.87. The molecule has 0 spiro atoms. The van der Waals surface area contributed by atoms with Crippen molar-refractivity contribution in [2.45, 2.75) is 0 Å². The Morgan fingerprint density at radius 3 is 2.56 bits per heavy atom. The van der Waals surface area contributed by atoms with Crippen molar-refractivity contribution in [3.05, 3.63) is 57.6 Å². The minimum Gasteiger partial charge on any atom is -0.482 e. The molecule has 9 heteroatoms. The summed E-state index contributed by atoms with van der Waals surface area (Å²) < 4.78 is 10.7. The van der Waals surface area contributed by atoms with E-state index < -0.39 is 4.92 Å². The molecule has 0 atom stereocenters. The van der Waals surface area contributed by atoms with Gasteiger partial charge in [-0.05, 0) is 30.3 Å². The maximum absolute atomic E-state index is 12.0. The molecule has 0 radical (unpaired) electrons. The zero-order chi connectivity index (χ0) is 19.2. The molecule has 8 nitrogen and oxygen atoms in total. The van der Waals surface area contributed by atoms with Gasteiger partial charge in [-0.3, -0.25) is 14.9 Å². The highest BCUT2D eigenvalue weighted by molar-refractivity contribution is 6.32. The van der Waals surface area contributed by atoms with E-state index in [9.17, 15) is 14.9 Å². The molecule has 1 heterocycles. The summed E-state index contributed by atoms with van der Waals surface area (Å²) in [5, 5.41) is 13.5. The molecule has 0 saturated carbocycles. The van der Waals surface area contributed by atoms with Gasteiger partial charge >= 0.3 is 0 Å². The van der Waals surface area contributed by atoms with Crippen LogP contribution in [0.15, 0.2) is 42.5 Å². The van der Waals surface area contributed by atoms with E-state index in [1.807, 2.05) is 24.3 Å². The van der Waals surface area contributed by atoms with Gasteiger partial charge in [0.15, 0.2) is 6.61 Å². The number of nitro benzene ring substituents is 1. The highest BCUT2D eigenvalue weighted by Gasteiger charge is 2.13. The van der Waals surface area contributed by atoms with Gasteiger partial charge in [-0.25, -0.2) is 0 Å². The first-order valence-electron chi connectivity index (χ1n) is 8.32. The molecule has 1 fully saturated rings. The van der Waals surface area contributed by atoms with Crippen molar-refractivity contribution in [2.75, 3.05) is 43.1 Å². The zero-order valence-corrected chi connectivity index (χ0v) is 15.1. The number of rotatable bonds is 6. The first-order valence-corrected chi connectivity index (χ1v) is 8.70. The average molecular weight is 392 g/mol. The summed E-state index contributed by atoms with van der Waals surface area (Å²) in [6.45, 7) is 2.84. The van der Waals surface area contributed by atoms with Gasteiger partial charge in [0.2, 0.25) is 0 Å². The first-order chi connectivity index (χ1) is 13.0. The summed E-state index contributed by atoms with van der Waals surface area (Å²) in [6.07, 6.45) is 0. The van der Waals surface area contributed by atoms with E-state index in [4.69, 9.17) is 21.1 Å². The van der Waals surface area contributed by atoms with Crippen LogP contribution >= 0.6 is 11.6 Å². The molecule has 3 rings (SSSR count). The summed E-state index contributed by atoms with van der Waals surface area (Å²) >= 11 is 5.93. The van der Waals surface area contributed by atoms with Gasteiger partial charge in [-0.15, -0.1) is 0 Å². The second-order valence-electron chi connectivity index (χ2n) is 5.85. The fourth-order valence-electron chi connectivity index (χ4n) is 2.64. The van der Waals surface area contributed by atoms with Crippen molar-refractivity contribution in [1.29, 1.82) is 0 Å². The van der Waals surface area contributed by atoms with Gasteiger partial charge in [0, 0.05) is 36.6 Å². The summed E-state index contributed by atoms with van der Waals surface area (Å²) in [5.74, 6) is -0.149. The Bertz CT molecular complexity index is 822. The number of ether oxygens (including phenoxy) is 2. The largest absolute Gasteiger partial charge is 0.482 e. The van der Waals surface area contributed by atoms with Gasteiger partial charge in [0.1, 0.15) is 5.75 Å².